The van der Waals surface area contributed by atoms with E-state index in [0.29, 0.717) is 6.61 Å². The average molecular weight is 166 g/mol. The van der Waals surface area contributed by atoms with Gasteiger partial charge >= 0.3 is 0 Å². The Kier molecular flexibility index (Phi) is 1.75. The molecule has 2 rings (SSSR count). The Bertz CT molecular complexity index is 307. The lowest BCUT2D eigenvalue weighted by molar-refractivity contribution is 0.357. The van der Waals surface area contributed by atoms with Crippen LogP contribution < -0.4 is 4.74 Å². The predicted molar refractivity (Wildman–Crippen MR) is 45.0 cm³/mol. The second kappa shape index (κ2) is 2.77. The molecule has 1 aliphatic heterocycles. The smallest absolute Gasteiger partial charge is 0.133 e. The number of aryl methyl sites for hydroxylation is 1. The first-order valence-corrected chi connectivity index (χ1v) is 4.26. The molecule has 0 unspecified atom stereocenters. The Morgan fingerprint density at radius 3 is 3.08 bits per heavy atom. The van der Waals surface area contributed by atoms with E-state index in [2.05, 4.69) is 0 Å². The van der Waals surface area contributed by atoms with Crippen molar-refractivity contribution in [1.29, 1.82) is 0 Å². The van der Waals surface area contributed by atoms with Crippen LogP contribution in [0.2, 0.25) is 0 Å². The summed E-state index contributed by atoms with van der Waals surface area (Å²) in [6.07, 6.45) is 1.47. The molecular formula is C10H11FO. The number of rotatable bonds is 1. The maximum atomic E-state index is 13.5. The first-order valence-electron chi connectivity index (χ1n) is 4.26. The zero-order chi connectivity index (χ0) is 8.55. The summed E-state index contributed by atoms with van der Waals surface area (Å²) >= 11 is 0. The molecule has 12 heavy (non-hydrogen) atoms. The molecule has 0 radical (unpaired) electrons. The Hall–Kier alpha value is -1.05. The van der Waals surface area contributed by atoms with Crippen molar-refractivity contribution in [2.75, 3.05) is 6.61 Å². The van der Waals surface area contributed by atoms with Gasteiger partial charge in [-0.2, -0.15) is 0 Å². The predicted octanol–water partition coefficient (Wildman–Crippen LogP) is 2.32. The quantitative estimate of drug-likeness (QED) is 0.622. The minimum Gasteiger partial charge on any atom is -0.493 e. The molecule has 0 saturated carbocycles. The maximum Gasteiger partial charge on any atom is 0.133 e. The number of benzene rings is 1. The average Bonchev–Trinajstić information content (AvgIpc) is 2.53. The van der Waals surface area contributed by atoms with E-state index < -0.39 is 0 Å². The summed E-state index contributed by atoms with van der Waals surface area (Å²) in [7, 11) is 0. The summed E-state index contributed by atoms with van der Waals surface area (Å²) in [6.45, 7) is 2.58. The highest BCUT2D eigenvalue weighted by Gasteiger charge is 2.18. The highest BCUT2D eigenvalue weighted by molar-refractivity contribution is 5.41. The van der Waals surface area contributed by atoms with Crippen LogP contribution in [0.25, 0.3) is 0 Å². The Balaban J connectivity index is 2.54. The highest BCUT2D eigenvalue weighted by atomic mass is 19.1. The van der Waals surface area contributed by atoms with E-state index in [1.807, 2.05) is 13.0 Å². The fourth-order valence-corrected chi connectivity index (χ4v) is 1.56. The summed E-state index contributed by atoms with van der Waals surface area (Å²) in [6, 6.07) is 3.67. The second-order valence-corrected chi connectivity index (χ2v) is 2.97. The van der Waals surface area contributed by atoms with Crippen LogP contribution in [0, 0.1) is 5.82 Å². The summed E-state index contributed by atoms with van der Waals surface area (Å²) in [5, 5.41) is 0. The van der Waals surface area contributed by atoms with Gasteiger partial charge in [0.05, 0.1) is 6.61 Å². The van der Waals surface area contributed by atoms with E-state index in [0.717, 1.165) is 29.7 Å². The van der Waals surface area contributed by atoms with Crippen LogP contribution in [-0.4, -0.2) is 6.61 Å². The van der Waals surface area contributed by atoms with Crippen molar-refractivity contribution in [2.24, 2.45) is 0 Å². The van der Waals surface area contributed by atoms with Crippen molar-refractivity contribution in [3.63, 3.8) is 0 Å². The molecule has 0 fully saturated rings. The third kappa shape index (κ3) is 0.986. The van der Waals surface area contributed by atoms with Gasteiger partial charge in [-0.25, -0.2) is 4.39 Å². The molecule has 2 heteroatoms. The molecule has 1 aliphatic rings. The molecule has 0 atom stereocenters. The van der Waals surface area contributed by atoms with Crippen molar-refractivity contribution >= 4 is 0 Å². The zero-order valence-electron chi connectivity index (χ0n) is 7.06. The van der Waals surface area contributed by atoms with E-state index in [-0.39, 0.29) is 5.82 Å². The van der Waals surface area contributed by atoms with E-state index in [1.165, 1.54) is 0 Å². The van der Waals surface area contributed by atoms with Crippen LogP contribution >= 0.6 is 0 Å². The van der Waals surface area contributed by atoms with Crippen molar-refractivity contribution in [1.82, 2.24) is 0 Å². The lowest BCUT2D eigenvalue weighted by Gasteiger charge is -2.03. The normalized spacial score (nSPS) is 14.2. The molecular weight excluding hydrogens is 155 g/mol. The number of hydrogen-bond donors (Lipinski definition) is 0. The lowest BCUT2D eigenvalue weighted by Crippen LogP contribution is -1.92. The molecule has 0 bridgehead atoms. The van der Waals surface area contributed by atoms with Gasteiger partial charge in [0.15, 0.2) is 0 Å². The van der Waals surface area contributed by atoms with E-state index in [9.17, 15) is 4.39 Å². The number of ether oxygens (including phenoxy) is 1. The number of hydrogen-bond acceptors (Lipinski definition) is 1. The minimum atomic E-state index is -0.0625. The Morgan fingerprint density at radius 2 is 2.33 bits per heavy atom. The van der Waals surface area contributed by atoms with Crippen LogP contribution in [0.3, 0.4) is 0 Å². The van der Waals surface area contributed by atoms with Crippen LogP contribution in [0.5, 0.6) is 5.75 Å². The molecule has 0 spiro atoms. The van der Waals surface area contributed by atoms with E-state index in [4.69, 9.17) is 4.74 Å². The molecule has 1 aromatic carbocycles. The first kappa shape index (κ1) is 7.59. The molecule has 1 nitrogen and oxygen atoms in total. The van der Waals surface area contributed by atoms with Gasteiger partial charge in [-0.15, -0.1) is 0 Å². The van der Waals surface area contributed by atoms with Crippen molar-refractivity contribution in [2.45, 2.75) is 19.8 Å². The maximum absolute atomic E-state index is 13.5. The Labute approximate surface area is 71.2 Å². The van der Waals surface area contributed by atoms with Gasteiger partial charge in [0.25, 0.3) is 0 Å². The van der Waals surface area contributed by atoms with E-state index >= 15 is 0 Å². The second-order valence-electron chi connectivity index (χ2n) is 2.97. The molecule has 1 aromatic rings. The molecule has 1 heterocycles. The molecule has 0 amide bonds. The lowest BCUT2D eigenvalue weighted by atomic mass is 10.1. The van der Waals surface area contributed by atoms with Crippen LogP contribution in [0.4, 0.5) is 4.39 Å². The summed E-state index contributed by atoms with van der Waals surface area (Å²) < 4.78 is 18.7. The molecule has 0 aromatic heterocycles. The summed E-state index contributed by atoms with van der Waals surface area (Å²) in [4.78, 5) is 0. The monoisotopic (exact) mass is 166 g/mol. The fraction of sp³-hybridized carbons (Fsp3) is 0.400. The highest BCUT2D eigenvalue weighted by Crippen LogP contribution is 2.29. The molecule has 0 aliphatic carbocycles. The third-order valence-electron chi connectivity index (χ3n) is 2.27. The standard InChI is InChI=1S/C10H11FO/c1-2-7-3-4-9-8(10(7)11)5-6-12-9/h3-4H,2,5-6H2,1H3. The van der Waals surface area contributed by atoms with Crippen LogP contribution in [-0.2, 0) is 12.8 Å². The molecule has 0 N–H and O–H groups in total. The fourth-order valence-electron chi connectivity index (χ4n) is 1.56. The zero-order valence-corrected chi connectivity index (χ0v) is 7.06. The molecule has 64 valence electrons. The topological polar surface area (TPSA) is 9.23 Å². The van der Waals surface area contributed by atoms with Crippen LogP contribution in [0.15, 0.2) is 12.1 Å². The Morgan fingerprint density at radius 1 is 1.50 bits per heavy atom. The summed E-state index contributed by atoms with van der Waals surface area (Å²) in [5.41, 5.74) is 1.55. The SMILES string of the molecule is CCc1ccc2c(c1F)CCO2. The van der Waals surface area contributed by atoms with Gasteiger partial charge in [-0.1, -0.05) is 13.0 Å². The van der Waals surface area contributed by atoms with Gasteiger partial charge in [0.1, 0.15) is 11.6 Å². The first-order chi connectivity index (χ1) is 5.83. The largest absolute Gasteiger partial charge is 0.493 e. The van der Waals surface area contributed by atoms with E-state index in [1.54, 1.807) is 6.07 Å². The van der Waals surface area contributed by atoms with Gasteiger partial charge in [0.2, 0.25) is 0 Å². The van der Waals surface area contributed by atoms with Gasteiger partial charge < -0.3 is 4.74 Å². The number of fused-ring (bicyclic) bond motifs is 1. The van der Waals surface area contributed by atoms with Crippen molar-refractivity contribution in [3.8, 4) is 5.75 Å². The third-order valence-corrected chi connectivity index (χ3v) is 2.27. The van der Waals surface area contributed by atoms with Gasteiger partial charge in [-0.3, -0.25) is 0 Å². The number of halogens is 1. The van der Waals surface area contributed by atoms with Crippen LogP contribution in [0.1, 0.15) is 18.1 Å². The molecule has 0 saturated heterocycles. The van der Waals surface area contributed by atoms with Gasteiger partial charge in [-0.05, 0) is 18.1 Å². The summed E-state index contributed by atoms with van der Waals surface area (Å²) in [5.74, 6) is 0.664. The van der Waals surface area contributed by atoms with Crippen molar-refractivity contribution in [3.05, 3.63) is 29.1 Å². The minimum absolute atomic E-state index is 0.0625. The van der Waals surface area contributed by atoms with Gasteiger partial charge in [0, 0.05) is 12.0 Å². The van der Waals surface area contributed by atoms with Crippen molar-refractivity contribution < 1.29 is 9.13 Å².